The maximum Gasteiger partial charge on any atom is 0.223 e. The van der Waals surface area contributed by atoms with E-state index in [9.17, 15) is 4.79 Å². The highest BCUT2D eigenvalue weighted by molar-refractivity contribution is 5.76. The first kappa shape index (κ1) is 16.8. The SMILES string of the molecule is N=NNCCn1ccnc1CCC(=O)N1CCC(NN=N)CC1. The maximum atomic E-state index is 12.3. The second-order valence-electron chi connectivity index (χ2n) is 5.45. The molecule has 2 heterocycles. The summed E-state index contributed by atoms with van der Waals surface area (Å²) in [5, 5.41) is 6.30. The van der Waals surface area contributed by atoms with E-state index in [0.29, 0.717) is 39.0 Å². The van der Waals surface area contributed by atoms with Gasteiger partial charge < -0.3 is 9.47 Å². The third-order valence-corrected chi connectivity index (χ3v) is 4.00. The predicted octanol–water partition coefficient (Wildman–Crippen LogP) is 0.878. The molecule has 0 bridgehead atoms. The predicted molar refractivity (Wildman–Crippen MR) is 81.6 cm³/mol. The maximum absolute atomic E-state index is 12.3. The standard InChI is InChI=1S/C13H23N9O/c14-19-17-6-10-21-9-5-16-12(21)1-2-13(23)22-7-3-11(4-8-22)18-20-15/h5,9,11H,1-4,6-8,10H2,(H2,14,17)(H2,15,18). The minimum absolute atomic E-state index is 0.139. The Bertz CT molecular complexity index is 521. The van der Waals surface area contributed by atoms with Gasteiger partial charge in [-0.25, -0.2) is 4.98 Å². The fourth-order valence-electron chi connectivity index (χ4n) is 2.72. The first-order valence-corrected chi connectivity index (χ1v) is 7.73. The Morgan fingerprint density at radius 1 is 1.35 bits per heavy atom. The number of piperidine rings is 1. The molecule has 0 spiro atoms. The summed E-state index contributed by atoms with van der Waals surface area (Å²) in [7, 11) is 0. The van der Waals surface area contributed by atoms with Crippen molar-refractivity contribution < 1.29 is 4.79 Å². The van der Waals surface area contributed by atoms with Crippen molar-refractivity contribution in [2.75, 3.05) is 19.6 Å². The van der Waals surface area contributed by atoms with Gasteiger partial charge in [0.2, 0.25) is 5.91 Å². The van der Waals surface area contributed by atoms with Crippen LogP contribution in [-0.4, -0.2) is 46.0 Å². The van der Waals surface area contributed by atoms with E-state index in [1.165, 1.54) is 0 Å². The Morgan fingerprint density at radius 3 is 2.83 bits per heavy atom. The van der Waals surface area contributed by atoms with Crippen LogP contribution in [-0.2, 0) is 17.8 Å². The number of nitrogens with one attached hydrogen (secondary N) is 4. The minimum atomic E-state index is 0.139. The van der Waals surface area contributed by atoms with Crippen molar-refractivity contribution in [2.24, 2.45) is 10.4 Å². The van der Waals surface area contributed by atoms with Gasteiger partial charge in [-0.05, 0) is 12.8 Å². The van der Waals surface area contributed by atoms with E-state index in [4.69, 9.17) is 11.1 Å². The lowest BCUT2D eigenvalue weighted by molar-refractivity contribution is -0.132. The van der Waals surface area contributed by atoms with Gasteiger partial charge in [-0.2, -0.15) is 11.1 Å². The highest BCUT2D eigenvalue weighted by Crippen LogP contribution is 2.12. The molecule has 1 fully saturated rings. The molecule has 0 saturated carbocycles. The van der Waals surface area contributed by atoms with Crippen molar-refractivity contribution in [1.82, 2.24) is 25.3 Å². The second-order valence-corrected chi connectivity index (χ2v) is 5.45. The van der Waals surface area contributed by atoms with Gasteiger partial charge in [0.25, 0.3) is 0 Å². The molecule has 0 aromatic carbocycles. The van der Waals surface area contributed by atoms with Crippen LogP contribution in [0.1, 0.15) is 25.1 Å². The van der Waals surface area contributed by atoms with Crippen molar-refractivity contribution in [3.8, 4) is 0 Å². The zero-order chi connectivity index (χ0) is 16.5. The number of aryl methyl sites for hydroxylation is 1. The van der Waals surface area contributed by atoms with Crippen molar-refractivity contribution in [3.05, 3.63) is 18.2 Å². The first-order valence-electron chi connectivity index (χ1n) is 7.73. The van der Waals surface area contributed by atoms with Crippen molar-refractivity contribution in [1.29, 1.82) is 11.1 Å². The smallest absolute Gasteiger partial charge is 0.223 e. The van der Waals surface area contributed by atoms with Gasteiger partial charge in [-0.15, -0.1) is 0 Å². The van der Waals surface area contributed by atoms with Gasteiger partial charge in [0.05, 0.1) is 6.54 Å². The van der Waals surface area contributed by atoms with Crippen LogP contribution in [0.5, 0.6) is 0 Å². The summed E-state index contributed by atoms with van der Waals surface area (Å²) in [5.74, 6) is 1.01. The van der Waals surface area contributed by atoms with Crippen LogP contribution >= 0.6 is 0 Å². The van der Waals surface area contributed by atoms with E-state index < -0.39 is 0 Å². The summed E-state index contributed by atoms with van der Waals surface area (Å²) in [6.45, 7) is 2.63. The normalized spacial score (nSPS) is 15.2. The molecule has 1 aliphatic rings. The molecule has 23 heavy (non-hydrogen) atoms. The molecule has 1 aliphatic heterocycles. The summed E-state index contributed by atoms with van der Waals surface area (Å²) in [6.07, 6.45) is 6.28. The molecule has 0 radical (unpaired) electrons. The first-order chi connectivity index (χ1) is 11.2. The van der Waals surface area contributed by atoms with E-state index in [2.05, 4.69) is 26.3 Å². The lowest BCUT2D eigenvalue weighted by atomic mass is 10.1. The molecule has 0 atom stereocenters. The van der Waals surface area contributed by atoms with Gasteiger partial charge in [0, 0.05) is 50.9 Å². The molecule has 1 saturated heterocycles. The van der Waals surface area contributed by atoms with Crippen LogP contribution in [0, 0.1) is 11.1 Å². The summed E-state index contributed by atoms with van der Waals surface area (Å²) in [5.41, 5.74) is 18.8. The zero-order valence-electron chi connectivity index (χ0n) is 13.0. The zero-order valence-corrected chi connectivity index (χ0v) is 13.0. The lowest BCUT2D eigenvalue weighted by Crippen LogP contribution is -2.43. The summed E-state index contributed by atoms with van der Waals surface area (Å²) < 4.78 is 1.97. The molecule has 1 aromatic heterocycles. The highest BCUT2D eigenvalue weighted by atomic mass is 16.2. The average molecular weight is 321 g/mol. The van der Waals surface area contributed by atoms with Gasteiger partial charge in [0.15, 0.2) is 0 Å². The fourth-order valence-corrected chi connectivity index (χ4v) is 2.72. The number of rotatable bonds is 9. The number of hydrogen-bond acceptors (Lipinski definition) is 6. The Morgan fingerprint density at radius 2 is 2.13 bits per heavy atom. The molecule has 10 heteroatoms. The van der Waals surface area contributed by atoms with Crippen LogP contribution < -0.4 is 10.9 Å². The van der Waals surface area contributed by atoms with E-state index in [1.54, 1.807) is 6.20 Å². The van der Waals surface area contributed by atoms with E-state index in [-0.39, 0.29) is 11.9 Å². The monoisotopic (exact) mass is 321 g/mol. The Balaban J connectivity index is 1.75. The number of carbonyl (C=O) groups is 1. The molecule has 10 nitrogen and oxygen atoms in total. The van der Waals surface area contributed by atoms with Crippen molar-refractivity contribution >= 4 is 5.91 Å². The molecule has 0 unspecified atom stereocenters. The summed E-state index contributed by atoms with van der Waals surface area (Å²) >= 11 is 0. The minimum Gasteiger partial charge on any atom is -0.343 e. The number of carbonyl (C=O) groups excluding carboxylic acids is 1. The molecule has 0 aliphatic carbocycles. The number of aromatic nitrogens is 2. The van der Waals surface area contributed by atoms with Gasteiger partial charge in [-0.3, -0.25) is 15.6 Å². The number of likely N-dealkylation sites (tertiary alicyclic amines) is 1. The van der Waals surface area contributed by atoms with Crippen LogP contribution in [0.4, 0.5) is 0 Å². The molecule has 1 amide bonds. The lowest BCUT2D eigenvalue weighted by Gasteiger charge is -2.31. The van der Waals surface area contributed by atoms with Crippen molar-refractivity contribution in [2.45, 2.75) is 38.3 Å². The second kappa shape index (κ2) is 8.81. The van der Waals surface area contributed by atoms with Gasteiger partial charge >= 0.3 is 0 Å². The number of amides is 1. The summed E-state index contributed by atoms with van der Waals surface area (Å²) in [6, 6.07) is 0.199. The number of nitrogens with zero attached hydrogens (tertiary/aromatic N) is 5. The Hall–Kier alpha value is -2.52. The third kappa shape index (κ3) is 5.01. The van der Waals surface area contributed by atoms with Crippen molar-refractivity contribution in [3.63, 3.8) is 0 Å². The van der Waals surface area contributed by atoms with Crippen LogP contribution in [0.3, 0.4) is 0 Å². The van der Waals surface area contributed by atoms with Crippen LogP contribution in [0.2, 0.25) is 0 Å². The molecule has 1 aromatic rings. The van der Waals surface area contributed by atoms with E-state index >= 15 is 0 Å². The van der Waals surface area contributed by atoms with E-state index in [0.717, 1.165) is 18.7 Å². The molecule has 2 rings (SSSR count). The molecular weight excluding hydrogens is 298 g/mol. The van der Waals surface area contributed by atoms with Crippen LogP contribution in [0.25, 0.3) is 0 Å². The number of hydrogen-bond donors (Lipinski definition) is 4. The van der Waals surface area contributed by atoms with Gasteiger partial charge in [-0.1, -0.05) is 10.4 Å². The van der Waals surface area contributed by atoms with Gasteiger partial charge in [0.1, 0.15) is 5.82 Å². The fraction of sp³-hybridized carbons (Fsp3) is 0.692. The molecular formula is C13H23N9O. The third-order valence-electron chi connectivity index (χ3n) is 4.00. The van der Waals surface area contributed by atoms with E-state index in [1.807, 2.05) is 15.7 Å². The topological polar surface area (TPSA) is 135 Å². The quantitative estimate of drug-likeness (QED) is 0.305. The Kier molecular flexibility index (Phi) is 6.45. The average Bonchev–Trinajstić information content (AvgIpc) is 3.01. The summed E-state index contributed by atoms with van der Waals surface area (Å²) in [4.78, 5) is 18.4. The van der Waals surface area contributed by atoms with Crippen LogP contribution in [0.15, 0.2) is 22.8 Å². The highest BCUT2D eigenvalue weighted by Gasteiger charge is 2.22. The molecule has 4 N–H and O–H groups in total. The number of imidazole rings is 1. The Labute approximate surface area is 134 Å². The molecule has 126 valence electrons. The largest absolute Gasteiger partial charge is 0.343 e.